The Morgan fingerprint density at radius 2 is 2.00 bits per heavy atom. The molecule has 1 rings (SSSR count). The molecule has 0 radical (unpaired) electrons. The maximum absolute atomic E-state index is 11.9. The van der Waals surface area contributed by atoms with Gasteiger partial charge in [0.2, 0.25) is 0 Å². The number of benzene rings is 1. The Bertz CT molecular complexity index is 661. The molecule has 1 N–H and O–H groups in total. The summed E-state index contributed by atoms with van der Waals surface area (Å²) in [6.45, 7) is 3.22. The summed E-state index contributed by atoms with van der Waals surface area (Å²) < 4.78 is 9.47. The molecule has 0 heterocycles. The molecule has 0 aromatic heterocycles. The van der Waals surface area contributed by atoms with Crippen molar-refractivity contribution >= 4 is 23.5 Å². The normalized spacial score (nSPS) is 11.3. The molecule has 1 amide bonds. The van der Waals surface area contributed by atoms with E-state index in [-0.39, 0.29) is 6.61 Å². The molecule has 1 aromatic carbocycles. The van der Waals surface area contributed by atoms with E-state index in [2.05, 4.69) is 10.1 Å². The molecular weight excluding hydrogens is 300 g/mol. The standard InChI is InChI=1S/C16H16N2O5/c1-3-22-14(19)7-8-15(20)23-11(2)16(21)18-13-6-4-5-12(9-13)10-17/h4-9,11H,3H2,1-2H3,(H,18,21)/b8-7+. The van der Waals surface area contributed by atoms with E-state index in [4.69, 9.17) is 10.00 Å². The van der Waals surface area contributed by atoms with Gasteiger partial charge in [-0.1, -0.05) is 6.07 Å². The highest BCUT2D eigenvalue weighted by molar-refractivity contribution is 5.97. The number of hydrogen-bond donors (Lipinski definition) is 1. The van der Waals surface area contributed by atoms with Crippen molar-refractivity contribution in [1.82, 2.24) is 0 Å². The average molecular weight is 316 g/mol. The zero-order valence-electron chi connectivity index (χ0n) is 12.7. The fourth-order valence-electron chi connectivity index (χ4n) is 1.50. The van der Waals surface area contributed by atoms with E-state index in [0.29, 0.717) is 11.3 Å². The van der Waals surface area contributed by atoms with Gasteiger partial charge in [-0.05, 0) is 32.0 Å². The van der Waals surface area contributed by atoms with Gasteiger partial charge in [0.05, 0.1) is 18.2 Å². The Morgan fingerprint density at radius 1 is 1.30 bits per heavy atom. The number of rotatable bonds is 6. The van der Waals surface area contributed by atoms with Crippen molar-refractivity contribution in [3.05, 3.63) is 42.0 Å². The van der Waals surface area contributed by atoms with Crippen LogP contribution in [0, 0.1) is 11.3 Å². The molecule has 1 aromatic rings. The second-order valence-corrected chi connectivity index (χ2v) is 4.35. The molecule has 0 fully saturated rings. The van der Waals surface area contributed by atoms with Gasteiger partial charge in [0, 0.05) is 17.8 Å². The van der Waals surface area contributed by atoms with Crippen molar-refractivity contribution in [2.24, 2.45) is 0 Å². The van der Waals surface area contributed by atoms with E-state index in [9.17, 15) is 14.4 Å². The summed E-state index contributed by atoms with van der Waals surface area (Å²) >= 11 is 0. The molecule has 0 aliphatic carbocycles. The number of ether oxygens (including phenoxy) is 2. The smallest absolute Gasteiger partial charge is 0.331 e. The number of nitrogens with zero attached hydrogens (tertiary/aromatic N) is 1. The highest BCUT2D eigenvalue weighted by atomic mass is 16.5. The Kier molecular flexibility index (Phi) is 7.01. The zero-order chi connectivity index (χ0) is 17.2. The molecule has 23 heavy (non-hydrogen) atoms. The van der Waals surface area contributed by atoms with Crippen LogP contribution in [0.4, 0.5) is 5.69 Å². The second kappa shape index (κ2) is 9.00. The minimum Gasteiger partial charge on any atom is -0.463 e. The van der Waals surface area contributed by atoms with Crippen molar-refractivity contribution in [3.8, 4) is 6.07 Å². The van der Waals surface area contributed by atoms with Crippen LogP contribution in [0.2, 0.25) is 0 Å². The quantitative estimate of drug-likeness (QED) is 0.630. The fraction of sp³-hybridized carbons (Fsp3) is 0.250. The lowest BCUT2D eigenvalue weighted by atomic mass is 10.2. The van der Waals surface area contributed by atoms with Crippen LogP contribution in [0.1, 0.15) is 19.4 Å². The van der Waals surface area contributed by atoms with E-state index in [0.717, 1.165) is 12.2 Å². The van der Waals surface area contributed by atoms with Crippen molar-refractivity contribution < 1.29 is 23.9 Å². The predicted molar refractivity (Wildman–Crippen MR) is 81.1 cm³/mol. The minimum atomic E-state index is -1.07. The van der Waals surface area contributed by atoms with Crippen molar-refractivity contribution in [2.75, 3.05) is 11.9 Å². The second-order valence-electron chi connectivity index (χ2n) is 4.35. The molecule has 0 saturated carbocycles. The molecule has 7 nitrogen and oxygen atoms in total. The first-order valence-corrected chi connectivity index (χ1v) is 6.82. The Labute approximate surface area is 133 Å². The lowest BCUT2D eigenvalue weighted by Crippen LogP contribution is -2.29. The topological polar surface area (TPSA) is 105 Å². The highest BCUT2D eigenvalue weighted by Gasteiger charge is 2.17. The molecule has 0 aliphatic heterocycles. The largest absolute Gasteiger partial charge is 0.463 e. The lowest BCUT2D eigenvalue weighted by Gasteiger charge is -2.12. The molecule has 0 spiro atoms. The van der Waals surface area contributed by atoms with Crippen molar-refractivity contribution in [2.45, 2.75) is 20.0 Å². The van der Waals surface area contributed by atoms with Crippen LogP contribution in [0.15, 0.2) is 36.4 Å². The van der Waals surface area contributed by atoms with E-state index in [1.165, 1.54) is 13.0 Å². The lowest BCUT2D eigenvalue weighted by molar-refractivity contribution is -0.148. The van der Waals surface area contributed by atoms with Gasteiger partial charge in [0.25, 0.3) is 5.91 Å². The molecule has 0 aliphatic rings. The first kappa shape index (κ1) is 17.9. The van der Waals surface area contributed by atoms with Crippen LogP contribution >= 0.6 is 0 Å². The van der Waals surface area contributed by atoms with Gasteiger partial charge in [-0.15, -0.1) is 0 Å². The first-order chi connectivity index (χ1) is 11.0. The number of nitriles is 1. The predicted octanol–water partition coefficient (Wildman–Crippen LogP) is 1.55. The third-order valence-corrected chi connectivity index (χ3v) is 2.56. The van der Waals surface area contributed by atoms with E-state index in [1.54, 1.807) is 25.1 Å². The number of amides is 1. The van der Waals surface area contributed by atoms with Crippen LogP contribution < -0.4 is 5.32 Å². The van der Waals surface area contributed by atoms with Gasteiger partial charge in [-0.3, -0.25) is 4.79 Å². The third-order valence-electron chi connectivity index (χ3n) is 2.56. The molecule has 0 saturated heterocycles. The van der Waals surface area contributed by atoms with Crippen molar-refractivity contribution in [1.29, 1.82) is 5.26 Å². The molecule has 1 unspecified atom stereocenters. The van der Waals surface area contributed by atoms with E-state index >= 15 is 0 Å². The monoisotopic (exact) mass is 316 g/mol. The molecular formula is C16H16N2O5. The molecule has 7 heteroatoms. The fourth-order valence-corrected chi connectivity index (χ4v) is 1.50. The van der Waals surface area contributed by atoms with E-state index < -0.39 is 23.9 Å². The van der Waals surface area contributed by atoms with Gasteiger partial charge < -0.3 is 14.8 Å². The van der Waals surface area contributed by atoms with Gasteiger partial charge in [-0.25, -0.2) is 9.59 Å². The summed E-state index contributed by atoms with van der Waals surface area (Å²) in [4.78, 5) is 34.4. The van der Waals surface area contributed by atoms with Crippen molar-refractivity contribution in [3.63, 3.8) is 0 Å². The number of esters is 2. The number of anilines is 1. The minimum absolute atomic E-state index is 0.193. The summed E-state index contributed by atoms with van der Waals surface area (Å²) in [6, 6.07) is 8.26. The summed E-state index contributed by atoms with van der Waals surface area (Å²) in [5.41, 5.74) is 0.809. The van der Waals surface area contributed by atoms with Crippen LogP contribution in [0.25, 0.3) is 0 Å². The Hall–Kier alpha value is -3.14. The Morgan fingerprint density at radius 3 is 2.65 bits per heavy atom. The van der Waals surface area contributed by atoms with Crippen LogP contribution in [-0.2, 0) is 23.9 Å². The average Bonchev–Trinajstić information content (AvgIpc) is 2.53. The number of carbonyl (C=O) groups is 3. The maximum Gasteiger partial charge on any atom is 0.331 e. The zero-order valence-corrected chi connectivity index (χ0v) is 12.7. The summed E-state index contributed by atoms with van der Waals surface area (Å²) in [7, 11) is 0. The van der Waals surface area contributed by atoms with E-state index in [1.807, 2.05) is 6.07 Å². The van der Waals surface area contributed by atoms with Gasteiger partial charge in [-0.2, -0.15) is 5.26 Å². The number of carbonyl (C=O) groups excluding carboxylic acids is 3. The first-order valence-electron chi connectivity index (χ1n) is 6.82. The van der Waals surface area contributed by atoms with Gasteiger partial charge >= 0.3 is 11.9 Å². The Balaban J connectivity index is 2.55. The number of nitrogens with one attached hydrogen (secondary N) is 1. The third kappa shape index (κ3) is 6.44. The molecule has 0 bridgehead atoms. The SMILES string of the molecule is CCOC(=O)/C=C/C(=O)OC(C)C(=O)Nc1cccc(C#N)c1. The van der Waals surface area contributed by atoms with Gasteiger partial charge in [0.1, 0.15) is 0 Å². The number of hydrogen-bond acceptors (Lipinski definition) is 6. The van der Waals surface area contributed by atoms with Crippen LogP contribution in [-0.4, -0.2) is 30.6 Å². The summed E-state index contributed by atoms with van der Waals surface area (Å²) in [6.07, 6.45) is 0.741. The summed E-state index contributed by atoms with van der Waals surface area (Å²) in [5.74, 6) is -2.07. The van der Waals surface area contributed by atoms with Crippen LogP contribution in [0.5, 0.6) is 0 Å². The molecule has 1 atom stereocenters. The summed E-state index contributed by atoms with van der Waals surface area (Å²) in [5, 5.41) is 11.3. The highest BCUT2D eigenvalue weighted by Crippen LogP contribution is 2.10. The van der Waals surface area contributed by atoms with Gasteiger partial charge in [0.15, 0.2) is 6.10 Å². The van der Waals surface area contributed by atoms with Crippen LogP contribution in [0.3, 0.4) is 0 Å². The molecule has 120 valence electrons. The maximum atomic E-state index is 11.9.